The number of para-hydroxylation sites is 2. The van der Waals surface area contributed by atoms with Crippen molar-refractivity contribution in [3.63, 3.8) is 0 Å². The summed E-state index contributed by atoms with van der Waals surface area (Å²) in [6.07, 6.45) is 3.93. The van der Waals surface area contributed by atoms with Crippen molar-refractivity contribution in [3.05, 3.63) is 89.7 Å². The molecule has 128 valence electrons. The van der Waals surface area contributed by atoms with E-state index in [0.717, 1.165) is 28.2 Å². The van der Waals surface area contributed by atoms with Gasteiger partial charge in [0.15, 0.2) is 0 Å². The Morgan fingerprint density at radius 3 is 2.69 bits per heavy atom. The van der Waals surface area contributed by atoms with Gasteiger partial charge in [0.05, 0.1) is 11.8 Å². The maximum Gasteiger partial charge on any atom is 0.215 e. The van der Waals surface area contributed by atoms with Crippen molar-refractivity contribution in [2.75, 3.05) is 0 Å². The van der Waals surface area contributed by atoms with Crippen LogP contribution in [0, 0.1) is 0 Å². The lowest BCUT2D eigenvalue weighted by molar-refractivity contribution is -0.0192. The first-order valence-electron chi connectivity index (χ1n) is 8.61. The topological polar surface area (TPSA) is 58.0 Å². The van der Waals surface area contributed by atoms with E-state index < -0.39 is 0 Å². The van der Waals surface area contributed by atoms with E-state index in [-0.39, 0.29) is 18.0 Å². The zero-order chi connectivity index (χ0) is 17.5. The number of aromatic hydroxyl groups is 1. The highest BCUT2D eigenvalue weighted by Crippen LogP contribution is 2.47. The number of ether oxygens (including phenoxy) is 1. The predicted octanol–water partition coefficient (Wildman–Crippen LogP) is 4.03. The highest BCUT2D eigenvalue weighted by Gasteiger charge is 2.41. The smallest absolute Gasteiger partial charge is 0.215 e. The molecule has 5 heteroatoms. The van der Waals surface area contributed by atoms with Gasteiger partial charge in [0, 0.05) is 35.5 Å². The largest absolute Gasteiger partial charge is 0.507 e. The van der Waals surface area contributed by atoms with Crippen LogP contribution in [0.25, 0.3) is 0 Å². The van der Waals surface area contributed by atoms with Crippen molar-refractivity contribution >= 4 is 5.71 Å². The molecule has 0 bridgehead atoms. The number of rotatable bonds is 2. The normalized spacial score (nSPS) is 20.8. The van der Waals surface area contributed by atoms with Crippen LogP contribution in [0.1, 0.15) is 35.4 Å². The summed E-state index contributed by atoms with van der Waals surface area (Å²) < 4.78 is 6.26. The van der Waals surface area contributed by atoms with Crippen LogP contribution in [-0.4, -0.2) is 20.8 Å². The van der Waals surface area contributed by atoms with Gasteiger partial charge in [-0.25, -0.2) is 5.01 Å². The highest BCUT2D eigenvalue weighted by atomic mass is 16.5. The summed E-state index contributed by atoms with van der Waals surface area (Å²) in [6.45, 7) is 0. The number of nitrogens with zero attached hydrogens (tertiary/aromatic N) is 3. The molecular formula is C21H17N3O2. The molecule has 3 heterocycles. The van der Waals surface area contributed by atoms with Gasteiger partial charge in [-0.15, -0.1) is 0 Å². The van der Waals surface area contributed by atoms with E-state index in [4.69, 9.17) is 9.84 Å². The number of pyridine rings is 1. The molecular weight excluding hydrogens is 326 g/mol. The fourth-order valence-corrected chi connectivity index (χ4v) is 3.66. The quantitative estimate of drug-likeness (QED) is 0.763. The molecule has 1 N–H and O–H groups in total. The fourth-order valence-electron chi connectivity index (χ4n) is 3.66. The number of benzene rings is 2. The summed E-state index contributed by atoms with van der Waals surface area (Å²) in [5.74, 6) is 1.12. The lowest BCUT2D eigenvalue weighted by atomic mass is 9.96. The van der Waals surface area contributed by atoms with Crippen molar-refractivity contribution in [1.82, 2.24) is 9.99 Å². The second-order valence-electron chi connectivity index (χ2n) is 6.46. The lowest BCUT2D eigenvalue weighted by Gasteiger charge is -2.38. The van der Waals surface area contributed by atoms with E-state index in [0.29, 0.717) is 6.42 Å². The van der Waals surface area contributed by atoms with Gasteiger partial charge in [-0.2, -0.15) is 5.10 Å². The second-order valence-corrected chi connectivity index (χ2v) is 6.46. The second kappa shape index (κ2) is 5.88. The molecule has 0 saturated carbocycles. The predicted molar refractivity (Wildman–Crippen MR) is 97.9 cm³/mol. The Morgan fingerprint density at radius 2 is 1.85 bits per heavy atom. The molecule has 0 saturated heterocycles. The average molecular weight is 343 g/mol. The van der Waals surface area contributed by atoms with Gasteiger partial charge >= 0.3 is 0 Å². The molecule has 0 unspecified atom stereocenters. The van der Waals surface area contributed by atoms with Gasteiger partial charge in [-0.05, 0) is 24.3 Å². The summed E-state index contributed by atoms with van der Waals surface area (Å²) in [5, 5.41) is 17.1. The van der Waals surface area contributed by atoms with Gasteiger partial charge < -0.3 is 9.84 Å². The number of phenolic OH excluding ortho intramolecular Hbond substituents is 1. The third kappa shape index (κ3) is 2.32. The minimum atomic E-state index is -0.341. The van der Waals surface area contributed by atoms with E-state index in [1.165, 1.54) is 0 Å². The summed E-state index contributed by atoms with van der Waals surface area (Å²) in [4.78, 5) is 4.23. The molecule has 0 aliphatic carbocycles. The number of aromatic nitrogens is 1. The van der Waals surface area contributed by atoms with E-state index in [9.17, 15) is 5.11 Å². The number of phenols is 1. The molecule has 2 aromatic carbocycles. The molecule has 5 rings (SSSR count). The molecule has 1 aromatic heterocycles. The molecule has 3 aromatic rings. The number of hydrogen-bond acceptors (Lipinski definition) is 5. The first-order chi connectivity index (χ1) is 12.8. The summed E-state index contributed by atoms with van der Waals surface area (Å²) in [7, 11) is 0. The first-order valence-corrected chi connectivity index (χ1v) is 8.61. The Balaban J connectivity index is 1.62. The van der Waals surface area contributed by atoms with Crippen molar-refractivity contribution in [2.45, 2.75) is 18.7 Å². The first kappa shape index (κ1) is 15.0. The number of hydrazone groups is 1. The maximum atomic E-state index is 10.2. The Morgan fingerprint density at radius 1 is 1.00 bits per heavy atom. The zero-order valence-electron chi connectivity index (χ0n) is 14.0. The minimum Gasteiger partial charge on any atom is -0.507 e. The molecule has 2 aliphatic rings. The van der Waals surface area contributed by atoms with E-state index in [1.807, 2.05) is 59.7 Å². The van der Waals surface area contributed by atoms with Crippen molar-refractivity contribution in [3.8, 4) is 11.5 Å². The van der Waals surface area contributed by atoms with Gasteiger partial charge in [-0.1, -0.05) is 36.4 Å². The molecule has 0 fully saturated rings. The average Bonchev–Trinajstić information content (AvgIpc) is 3.14. The Kier molecular flexibility index (Phi) is 3.38. The van der Waals surface area contributed by atoms with Gasteiger partial charge in [0.1, 0.15) is 11.5 Å². The molecule has 2 atom stereocenters. The lowest BCUT2D eigenvalue weighted by Crippen LogP contribution is -2.33. The van der Waals surface area contributed by atoms with Gasteiger partial charge in [0.25, 0.3) is 0 Å². The molecule has 0 spiro atoms. The van der Waals surface area contributed by atoms with E-state index in [1.54, 1.807) is 12.3 Å². The molecule has 0 amide bonds. The third-order valence-electron chi connectivity index (χ3n) is 4.88. The van der Waals surface area contributed by atoms with Gasteiger partial charge in [0.2, 0.25) is 6.23 Å². The van der Waals surface area contributed by atoms with Crippen LogP contribution < -0.4 is 4.74 Å². The molecule has 0 radical (unpaired) electrons. The van der Waals surface area contributed by atoms with Crippen molar-refractivity contribution < 1.29 is 9.84 Å². The van der Waals surface area contributed by atoms with Crippen LogP contribution >= 0.6 is 0 Å². The highest BCUT2D eigenvalue weighted by molar-refractivity contribution is 6.04. The van der Waals surface area contributed by atoms with E-state index >= 15 is 0 Å². The summed E-state index contributed by atoms with van der Waals surface area (Å²) in [5.41, 5.74) is 3.70. The standard InChI is InChI=1S/C21H17N3O2/c25-19-9-3-1-7-15(19)17-12-18-16-8-2-4-10-20(16)26-21(24(18)23-17)14-6-5-11-22-13-14/h1-11,13,18,21,25H,12H2/t18-,21+/m0/s1. The van der Waals surface area contributed by atoms with Gasteiger partial charge in [-0.3, -0.25) is 4.98 Å². The number of hydrogen-bond donors (Lipinski definition) is 1. The SMILES string of the molecule is Oc1ccccc1C1=NN2[C@@H](c3cccnc3)Oc3ccccc3[C@@H]2C1. The van der Waals surface area contributed by atoms with Crippen LogP contribution in [0.2, 0.25) is 0 Å². The van der Waals surface area contributed by atoms with Crippen LogP contribution in [-0.2, 0) is 0 Å². The summed E-state index contributed by atoms with van der Waals surface area (Å²) in [6, 6.07) is 19.4. The monoisotopic (exact) mass is 343 g/mol. The number of fused-ring (bicyclic) bond motifs is 3. The molecule has 2 aliphatic heterocycles. The van der Waals surface area contributed by atoms with Crippen LogP contribution in [0.5, 0.6) is 11.5 Å². The fraction of sp³-hybridized carbons (Fsp3) is 0.143. The van der Waals surface area contributed by atoms with Crippen LogP contribution in [0.15, 0.2) is 78.2 Å². The summed E-state index contributed by atoms with van der Waals surface area (Å²) >= 11 is 0. The molecule has 26 heavy (non-hydrogen) atoms. The minimum absolute atomic E-state index is 0.0692. The van der Waals surface area contributed by atoms with Crippen molar-refractivity contribution in [1.29, 1.82) is 0 Å². The van der Waals surface area contributed by atoms with Crippen molar-refractivity contribution in [2.24, 2.45) is 5.10 Å². The van der Waals surface area contributed by atoms with Crippen LogP contribution in [0.4, 0.5) is 0 Å². The Hall–Kier alpha value is -3.34. The van der Waals surface area contributed by atoms with Crippen LogP contribution in [0.3, 0.4) is 0 Å². The Labute approximate surface area is 151 Å². The Bertz CT molecular complexity index is 987. The zero-order valence-corrected chi connectivity index (χ0v) is 14.0. The molecule has 5 nitrogen and oxygen atoms in total. The third-order valence-corrected chi connectivity index (χ3v) is 4.88. The maximum absolute atomic E-state index is 10.2. The van der Waals surface area contributed by atoms with E-state index in [2.05, 4.69) is 11.1 Å².